The monoisotopic (exact) mass is 224 g/mol. The van der Waals surface area contributed by atoms with Crippen molar-refractivity contribution in [3.63, 3.8) is 0 Å². The fourth-order valence-corrected chi connectivity index (χ4v) is 1.73. The fraction of sp³-hybridized carbons (Fsp3) is 0.364. The van der Waals surface area contributed by atoms with E-state index in [1.165, 1.54) is 18.2 Å². The van der Waals surface area contributed by atoms with Crippen molar-refractivity contribution in [2.45, 2.75) is 12.5 Å². The van der Waals surface area contributed by atoms with E-state index >= 15 is 0 Å². The van der Waals surface area contributed by atoms with Crippen LogP contribution in [0.4, 0.5) is 10.1 Å². The molecule has 1 saturated heterocycles. The molecule has 0 aliphatic carbocycles. The number of para-hydroxylation sites is 1. The quantitative estimate of drug-likeness (QED) is 0.808. The van der Waals surface area contributed by atoms with E-state index in [2.05, 4.69) is 5.32 Å². The number of carbonyl (C=O) groups is 1. The van der Waals surface area contributed by atoms with E-state index in [0.29, 0.717) is 13.2 Å². The highest BCUT2D eigenvalue weighted by molar-refractivity contribution is 5.98. The number of nitrogens with one attached hydrogen (secondary N) is 1. The van der Waals surface area contributed by atoms with E-state index < -0.39 is 11.7 Å². The molecule has 0 spiro atoms. The van der Waals surface area contributed by atoms with E-state index in [-0.39, 0.29) is 17.3 Å². The molecular weight excluding hydrogens is 211 g/mol. The lowest BCUT2D eigenvalue weighted by Crippen LogP contribution is -2.23. The van der Waals surface area contributed by atoms with E-state index in [4.69, 9.17) is 10.5 Å². The zero-order valence-corrected chi connectivity index (χ0v) is 8.70. The first-order valence-electron chi connectivity index (χ1n) is 5.11. The number of halogens is 1. The van der Waals surface area contributed by atoms with Gasteiger partial charge in [0, 0.05) is 6.61 Å². The average molecular weight is 224 g/mol. The number of benzene rings is 1. The number of amides is 1. The van der Waals surface area contributed by atoms with Gasteiger partial charge in [0.2, 0.25) is 0 Å². The lowest BCUT2D eigenvalue weighted by atomic mass is 10.1. The summed E-state index contributed by atoms with van der Waals surface area (Å²) < 4.78 is 18.7. The molecule has 5 heteroatoms. The third-order valence-corrected chi connectivity index (χ3v) is 2.56. The summed E-state index contributed by atoms with van der Waals surface area (Å²) in [5.74, 6) is -1.11. The molecule has 1 aromatic carbocycles. The van der Waals surface area contributed by atoms with Gasteiger partial charge in [-0.2, -0.15) is 0 Å². The van der Waals surface area contributed by atoms with Crippen LogP contribution in [0.5, 0.6) is 0 Å². The summed E-state index contributed by atoms with van der Waals surface area (Å²) in [6, 6.07) is 4.30. The molecule has 1 fully saturated rings. The molecule has 1 aliphatic rings. The van der Waals surface area contributed by atoms with Gasteiger partial charge in [-0.1, -0.05) is 6.07 Å². The number of hydrogen-bond acceptors (Lipinski definition) is 3. The first-order valence-corrected chi connectivity index (χ1v) is 5.11. The summed E-state index contributed by atoms with van der Waals surface area (Å²) in [5, 5.41) is 2.96. The molecule has 1 amide bonds. The van der Waals surface area contributed by atoms with Crippen LogP contribution < -0.4 is 11.1 Å². The SMILES string of the molecule is NC(=O)c1cccc(F)c1NC1CCOC1. The number of anilines is 1. The molecule has 4 nitrogen and oxygen atoms in total. The van der Waals surface area contributed by atoms with Crippen LogP contribution in [-0.2, 0) is 4.74 Å². The average Bonchev–Trinajstić information content (AvgIpc) is 2.73. The molecule has 0 bridgehead atoms. The molecule has 2 rings (SSSR count). The van der Waals surface area contributed by atoms with Gasteiger partial charge in [-0.25, -0.2) is 4.39 Å². The standard InChI is InChI=1S/C11H13FN2O2/c12-9-3-1-2-8(11(13)15)10(9)14-7-4-5-16-6-7/h1-3,7,14H,4-6H2,(H2,13,15). The summed E-state index contributed by atoms with van der Waals surface area (Å²) in [6.45, 7) is 1.17. The van der Waals surface area contributed by atoms with Gasteiger partial charge in [-0.15, -0.1) is 0 Å². The summed E-state index contributed by atoms with van der Waals surface area (Å²) in [6.07, 6.45) is 0.798. The maximum Gasteiger partial charge on any atom is 0.250 e. The van der Waals surface area contributed by atoms with Crippen LogP contribution >= 0.6 is 0 Å². The zero-order chi connectivity index (χ0) is 11.5. The Hall–Kier alpha value is -1.62. The van der Waals surface area contributed by atoms with Crippen LogP contribution in [-0.4, -0.2) is 25.2 Å². The van der Waals surface area contributed by atoms with E-state index in [1.807, 2.05) is 0 Å². The predicted molar refractivity (Wildman–Crippen MR) is 57.8 cm³/mol. The van der Waals surface area contributed by atoms with Crippen molar-refractivity contribution >= 4 is 11.6 Å². The van der Waals surface area contributed by atoms with Crippen LogP contribution in [0.1, 0.15) is 16.8 Å². The van der Waals surface area contributed by atoms with Crippen molar-refractivity contribution in [3.05, 3.63) is 29.6 Å². The minimum atomic E-state index is -0.638. The normalized spacial score (nSPS) is 19.7. The van der Waals surface area contributed by atoms with Gasteiger partial charge in [-0.3, -0.25) is 4.79 Å². The van der Waals surface area contributed by atoms with Gasteiger partial charge in [0.15, 0.2) is 0 Å². The van der Waals surface area contributed by atoms with E-state index in [1.54, 1.807) is 0 Å². The maximum atomic E-state index is 13.6. The number of primary amides is 1. The molecule has 1 aromatic rings. The Kier molecular flexibility index (Phi) is 3.05. The second-order valence-electron chi connectivity index (χ2n) is 3.73. The van der Waals surface area contributed by atoms with Crippen molar-refractivity contribution in [2.24, 2.45) is 5.73 Å². The number of nitrogens with two attached hydrogens (primary N) is 1. The van der Waals surface area contributed by atoms with Crippen LogP contribution in [0, 0.1) is 5.82 Å². The molecular formula is C11H13FN2O2. The first kappa shape index (κ1) is 10.9. The molecule has 1 unspecified atom stereocenters. The Morgan fingerprint density at radius 1 is 1.56 bits per heavy atom. The number of carbonyl (C=O) groups excluding carboxylic acids is 1. The second-order valence-corrected chi connectivity index (χ2v) is 3.73. The van der Waals surface area contributed by atoms with Gasteiger partial charge in [0.05, 0.1) is 23.9 Å². The molecule has 1 atom stereocenters. The number of hydrogen-bond donors (Lipinski definition) is 2. The van der Waals surface area contributed by atoms with Crippen molar-refractivity contribution in [1.82, 2.24) is 0 Å². The highest BCUT2D eigenvalue weighted by Crippen LogP contribution is 2.22. The molecule has 16 heavy (non-hydrogen) atoms. The zero-order valence-electron chi connectivity index (χ0n) is 8.70. The number of ether oxygens (including phenoxy) is 1. The summed E-state index contributed by atoms with van der Waals surface area (Å²) in [5.41, 5.74) is 5.53. The largest absolute Gasteiger partial charge is 0.379 e. The van der Waals surface area contributed by atoms with Crippen molar-refractivity contribution < 1.29 is 13.9 Å². The minimum absolute atomic E-state index is 0.0370. The molecule has 1 aliphatic heterocycles. The van der Waals surface area contributed by atoms with Crippen LogP contribution in [0.2, 0.25) is 0 Å². The van der Waals surface area contributed by atoms with Crippen LogP contribution in [0.3, 0.4) is 0 Å². The first-order chi connectivity index (χ1) is 7.68. The van der Waals surface area contributed by atoms with Crippen molar-refractivity contribution in [3.8, 4) is 0 Å². The Morgan fingerprint density at radius 3 is 3.00 bits per heavy atom. The predicted octanol–water partition coefficient (Wildman–Crippen LogP) is 1.13. The molecule has 86 valence electrons. The Bertz CT molecular complexity index is 403. The number of rotatable bonds is 3. The Labute approximate surface area is 92.6 Å². The van der Waals surface area contributed by atoms with Crippen molar-refractivity contribution in [2.75, 3.05) is 18.5 Å². The molecule has 0 aromatic heterocycles. The van der Waals surface area contributed by atoms with Gasteiger partial charge in [-0.05, 0) is 18.6 Å². The smallest absolute Gasteiger partial charge is 0.250 e. The van der Waals surface area contributed by atoms with E-state index in [9.17, 15) is 9.18 Å². The topological polar surface area (TPSA) is 64.4 Å². The highest BCUT2D eigenvalue weighted by Gasteiger charge is 2.20. The van der Waals surface area contributed by atoms with Gasteiger partial charge in [0.1, 0.15) is 5.82 Å². The summed E-state index contributed by atoms with van der Waals surface area (Å²) in [7, 11) is 0. The van der Waals surface area contributed by atoms with Gasteiger partial charge < -0.3 is 15.8 Å². The van der Waals surface area contributed by atoms with E-state index in [0.717, 1.165) is 6.42 Å². The van der Waals surface area contributed by atoms with Crippen LogP contribution in [0.15, 0.2) is 18.2 Å². The summed E-state index contributed by atoms with van der Waals surface area (Å²) >= 11 is 0. The molecule has 3 N–H and O–H groups in total. The third-order valence-electron chi connectivity index (χ3n) is 2.56. The lowest BCUT2D eigenvalue weighted by molar-refractivity contribution is 0.100. The Morgan fingerprint density at radius 2 is 2.38 bits per heavy atom. The minimum Gasteiger partial charge on any atom is -0.379 e. The summed E-state index contributed by atoms with van der Waals surface area (Å²) in [4.78, 5) is 11.1. The lowest BCUT2D eigenvalue weighted by Gasteiger charge is -2.15. The van der Waals surface area contributed by atoms with Crippen LogP contribution in [0.25, 0.3) is 0 Å². The van der Waals surface area contributed by atoms with Gasteiger partial charge >= 0.3 is 0 Å². The fourth-order valence-electron chi connectivity index (χ4n) is 1.73. The highest BCUT2D eigenvalue weighted by atomic mass is 19.1. The van der Waals surface area contributed by atoms with Gasteiger partial charge in [0.25, 0.3) is 5.91 Å². The Balaban J connectivity index is 2.26. The third kappa shape index (κ3) is 2.14. The molecule has 0 saturated carbocycles. The second kappa shape index (κ2) is 4.49. The molecule has 1 heterocycles. The molecule has 0 radical (unpaired) electrons. The van der Waals surface area contributed by atoms with Crippen molar-refractivity contribution in [1.29, 1.82) is 0 Å². The maximum absolute atomic E-state index is 13.6.